The first-order valence-electron chi connectivity index (χ1n) is 14.4. The van der Waals surface area contributed by atoms with Crippen LogP contribution in [0.4, 0.5) is 10.1 Å². The Kier molecular flexibility index (Phi) is 11.6. The van der Waals surface area contributed by atoms with E-state index in [-0.39, 0.29) is 33.6 Å². The van der Waals surface area contributed by atoms with E-state index in [4.69, 9.17) is 23.2 Å². The first-order chi connectivity index (χ1) is 21.5. The molecule has 0 aliphatic rings. The van der Waals surface area contributed by atoms with Crippen molar-refractivity contribution in [2.75, 3.05) is 17.4 Å². The molecule has 2 amide bonds. The van der Waals surface area contributed by atoms with Gasteiger partial charge in [-0.15, -0.1) is 0 Å². The quantitative estimate of drug-likeness (QED) is 0.170. The second kappa shape index (κ2) is 15.4. The van der Waals surface area contributed by atoms with Crippen molar-refractivity contribution in [2.45, 2.75) is 44.2 Å². The van der Waals surface area contributed by atoms with Crippen LogP contribution in [0.5, 0.6) is 0 Å². The number of carbonyl (C=O) groups is 2. The van der Waals surface area contributed by atoms with Crippen molar-refractivity contribution in [3.63, 3.8) is 0 Å². The molecular formula is C34H34Cl2FN3O4S. The number of hydrogen-bond acceptors (Lipinski definition) is 4. The average molecular weight is 671 g/mol. The minimum Gasteiger partial charge on any atom is -0.354 e. The number of hydrogen-bond donors (Lipinski definition) is 1. The van der Waals surface area contributed by atoms with Gasteiger partial charge in [-0.05, 0) is 66.9 Å². The number of anilines is 1. The maximum absolute atomic E-state index is 14.4. The van der Waals surface area contributed by atoms with Gasteiger partial charge in [0.25, 0.3) is 10.0 Å². The molecule has 0 aliphatic carbocycles. The minimum absolute atomic E-state index is 0.00914. The molecule has 1 N–H and O–H groups in total. The van der Waals surface area contributed by atoms with E-state index in [1.54, 1.807) is 12.1 Å². The van der Waals surface area contributed by atoms with Crippen LogP contribution in [0.15, 0.2) is 102 Å². The average Bonchev–Trinajstić information content (AvgIpc) is 3.03. The molecule has 1 unspecified atom stereocenters. The van der Waals surface area contributed by atoms with Crippen LogP contribution in [0, 0.1) is 12.7 Å². The number of nitrogens with zero attached hydrogens (tertiary/aromatic N) is 2. The van der Waals surface area contributed by atoms with E-state index in [0.717, 1.165) is 15.4 Å². The maximum atomic E-state index is 14.4. The summed E-state index contributed by atoms with van der Waals surface area (Å²) in [5, 5.41) is 3.16. The minimum atomic E-state index is -4.34. The summed E-state index contributed by atoms with van der Waals surface area (Å²) < 4.78 is 43.0. The van der Waals surface area contributed by atoms with Gasteiger partial charge in [-0.2, -0.15) is 0 Å². The largest absolute Gasteiger partial charge is 0.354 e. The molecule has 11 heteroatoms. The standard InChI is InChI=1S/C34H34Cl2FN3O4S/c1-3-19-38-34(42)32(20-25-7-5-4-6-8-25)39(22-26-11-14-28(37)15-12-26)33(41)23-40(31-21-27(35)13-18-30(31)36)45(43,44)29-16-9-24(2)10-17-29/h4-18,21,32H,3,19-20,22-23H2,1-2H3,(H,38,42). The summed E-state index contributed by atoms with van der Waals surface area (Å²) in [4.78, 5) is 29.4. The van der Waals surface area contributed by atoms with Crippen molar-refractivity contribution < 1.29 is 22.4 Å². The molecule has 0 aromatic heterocycles. The summed E-state index contributed by atoms with van der Waals surface area (Å²) in [5.74, 6) is -1.52. The normalized spacial score (nSPS) is 11.9. The summed E-state index contributed by atoms with van der Waals surface area (Å²) in [7, 11) is -4.34. The lowest BCUT2D eigenvalue weighted by Crippen LogP contribution is -2.53. The number of halogens is 3. The van der Waals surface area contributed by atoms with Gasteiger partial charge in [0.15, 0.2) is 0 Å². The highest BCUT2D eigenvalue weighted by atomic mass is 35.5. The Morgan fingerprint density at radius 2 is 1.56 bits per heavy atom. The summed E-state index contributed by atoms with van der Waals surface area (Å²) in [6.45, 7) is 3.35. The summed E-state index contributed by atoms with van der Waals surface area (Å²) in [6.07, 6.45) is 0.831. The third-order valence-corrected chi connectivity index (χ3v) is 9.48. The second-order valence-electron chi connectivity index (χ2n) is 10.6. The SMILES string of the molecule is CCCNC(=O)C(Cc1ccccc1)N(Cc1ccc(F)cc1)C(=O)CN(c1cc(Cl)ccc1Cl)S(=O)(=O)c1ccc(C)cc1. The van der Waals surface area contributed by atoms with Crippen LogP contribution in [-0.4, -0.2) is 44.3 Å². The first kappa shape index (κ1) is 34.0. The molecule has 0 aliphatic heterocycles. The van der Waals surface area contributed by atoms with Crippen LogP contribution in [0.2, 0.25) is 10.0 Å². The molecule has 0 saturated carbocycles. The smallest absolute Gasteiger partial charge is 0.264 e. The van der Waals surface area contributed by atoms with E-state index in [1.165, 1.54) is 59.5 Å². The van der Waals surface area contributed by atoms with Gasteiger partial charge in [0, 0.05) is 24.5 Å². The number of amides is 2. The number of sulfonamides is 1. The molecule has 0 bridgehead atoms. The van der Waals surface area contributed by atoms with Crippen LogP contribution in [0.1, 0.15) is 30.0 Å². The number of aryl methyl sites for hydroxylation is 1. The molecule has 0 saturated heterocycles. The van der Waals surface area contributed by atoms with Crippen LogP contribution in [0.25, 0.3) is 0 Å². The zero-order valence-electron chi connectivity index (χ0n) is 24.9. The zero-order valence-corrected chi connectivity index (χ0v) is 27.2. The molecular weight excluding hydrogens is 636 g/mol. The van der Waals surface area contributed by atoms with Crippen molar-refractivity contribution in [1.29, 1.82) is 0 Å². The van der Waals surface area contributed by atoms with E-state index in [1.807, 2.05) is 44.2 Å². The highest BCUT2D eigenvalue weighted by Gasteiger charge is 2.35. The van der Waals surface area contributed by atoms with E-state index >= 15 is 0 Å². The molecule has 4 aromatic carbocycles. The van der Waals surface area contributed by atoms with E-state index in [9.17, 15) is 22.4 Å². The Bertz CT molecular complexity index is 1720. The van der Waals surface area contributed by atoms with Gasteiger partial charge in [-0.3, -0.25) is 13.9 Å². The summed E-state index contributed by atoms with van der Waals surface area (Å²) in [6, 6.07) is 24.3. The van der Waals surface area contributed by atoms with E-state index in [2.05, 4.69) is 5.32 Å². The molecule has 4 rings (SSSR count). The lowest BCUT2D eigenvalue weighted by Gasteiger charge is -2.34. The predicted molar refractivity (Wildman–Crippen MR) is 176 cm³/mol. The van der Waals surface area contributed by atoms with Crippen molar-refractivity contribution >= 4 is 50.7 Å². The van der Waals surface area contributed by atoms with Gasteiger partial charge in [-0.25, -0.2) is 12.8 Å². The fourth-order valence-corrected chi connectivity index (χ4v) is 6.60. The maximum Gasteiger partial charge on any atom is 0.264 e. The number of carbonyl (C=O) groups excluding carboxylic acids is 2. The van der Waals surface area contributed by atoms with Crippen molar-refractivity contribution in [3.8, 4) is 0 Å². The topological polar surface area (TPSA) is 86.8 Å². The predicted octanol–water partition coefficient (Wildman–Crippen LogP) is 6.80. The third kappa shape index (κ3) is 8.84. The molecule has 7 nitrogen and oxygen atoms in total. The van der Waals surface area contributed by atoms with Crippen LogP contribution < -0.4 is 9.62 Å². The molecule has 0 fully saturated rings. The molecule has 0 radical (unpaired) electrons. The molecule has 4 aromatic rings. The van der Waals surface area contributed by atoms with Crippen molar-refractivity contribution in [3.05, 3.63) is 130 Å². The third-order valence-electron chi connectivity index (χ3n) is 7.15. The Hall–Kier alpha value is -3.92. The van der Waals surface area contributed by atoms with Gasteiger partial charge in [0.2, 0.25) is 11.8 Å². The molecule has 236 valence electrons. The fraction of sp³-hybridized carbons (Fsp3) is 0.235. The first-order valence-corrected chi connectivity index (χ1v) is 16.6. The highest BCUT2D eigenvalue weighted by molar-refractivity contribution is 7.92. The van der Waals surface area contributed by atoms with Gasteiger partial charge in [0.1, 0.15) is 18.4 Å². The van der Waals surface area contributed by atoms with E-state index in [0.29, 0.717) is 18.5 Å². The van der Waals surface area contributed by atoms with Crippen LogP contribution in [-0.2, 0) is 32.6 Å². The lowest BCUT2D eigenvalue weighted by molar-refractivity contribution is -0.140. The zero-order chi connectivity index (χ0) is 32.6. The van der Waals surface area contributed by atoms with Crippen molar-refractivity contribution in [2.24, 2.45) is 0 Å². The van der Waals surface area contributed by atoms with Crippen molar-refractivity contribution in [1.82, 2.24) is 10.2 Å². The number of rotatable bonds is 13. The van der Waals surface area contributed by atoms with E-state index < -0.39 is 40.2 Å². The molecule has 45 heavy (non-hydrogen) atoms. The molecule has 0 spiro atoms. The highest BCUT2D eigenvalue weighted by Crippen LogP contribution is 2.33. The summed E-state index contributed by atoms with van der Waals surface area (Å²) >= 11 is 12.8. The Morgan fingerprint density at radius 3 is 2.20 bits per heavy atom. The second-order valence-corrected chi connectivity index (χ2v) is 13.3. The van der Waals surface area contributed by atoms with Crippen LogP contribution >= 0.6 is 23.2 Å². The Morgan fingerprint density at radius 1 is 0.889 bits per heavy atom. The monoisotopic (exact) mass is 669 g/mol. The summed E-state index contributed by atoms with van der Waals surface area (Å²) in [5.41, 5.74) is 2.22. The fourth-order valence-electron chi connectivity index (χ4n) is 4.73. The number of benzene rings is 4. The van der Waals surface area contributed by atoms with Gasteiger partial charge in [-0.1, -0.05) is 90.3 Å². The lowest BCUT2D eigenvalue weighted by atomic mass is 10.0. The molecule has 1 atom stereocenters. The Labute approximate surface area is 273 Å². The van der Waals surface area contributed by atoms with Crippen LogP contribution in [0.3, 0.4) is 0 Å². The van der Waals surface area contributed by atoms with Gasteiger partial charge < -0.3 is 10.2 Å². The van der Waals surface area contributed by atoms with Gasteiger partial charge in [0.05, 0.1) is 15.6 Å². The molecule has 0 heterocycles. The number of nitrogens with one attached hydrogen (secondary N) is 1. The van der Waals surface area contributed by atoms with Gasteiger partial charge >= 0.3 is 0 Å². The Balaban J connectivity index is 1.82.